The number of fused-ring (bicyclic) bond motifs is 1. The van der Waals surface area contributed by atoms with Crippen molar-refractivity contribution in [3.05, 3.63) is 107 Å². The Morgan fingerprint density at radius 3 is 2.66 bits per heavy atom. The monoisotopic (exact) mass is 566 g/mol. The molecule has 0 spiro atoms. The molecule has 2 aromatic carbocycles. The highest BCUT2D eigenvalue weighted by Gasteiger charge is 2.22. The Morgan fingerprint density at radius 1 is 1.10 bits per heavy atom. The first-order valence-corrected chi connectivity index (χ1v) is 13.0. The summed E-state index contributed by atoms with van der Waals surface area (Å²) in [5, 5.41) is 16.5. The summed E-state index contributed by atoms with van der Waals surface area (Å²) >= 11 is 6.52. The summed E-state index contributed by atoms with van der Waals surface area (Å²) in [6.07, 6.45) is 7.50. The summed E-state index contributed by atoms with van der Waals surface area (Å²) in [6, 6.07) is 14.6. The number of aryl methyl sites for hydroxylation is 1. The van der Waals surface area contributed by atoms with E-state index in [1.165, 1.54) is 6.07 Å². The van der Waals surface area contributed by atoms with E-state index in [9.17, 15) is 9.59 Å². The Kier molecular flexibility index (Phi) is 6.78. The van der Waals surface area contributed by atoms with Gasteiger partial charge in [0, 0.05) is 52.7 Å². The van der Waals surface area contributed by atoms with Gasteiger partial charge in [0.05, 0.1) is 18.2 Å². The van der Waals surface area contributed by atoms with Crippen molar-refractivity contribution in [2.75, 3.05) is 0 Å². The van der Waals surface area contributed by atoms with Crippen molar-refractivity contribution in [1.29, 1.82) is 0 Å². The zero-order chi connectivity index (χ0) is 28.5. The molecule has 4 heterocycles. The predicted octanol–water partition coefficient (Wildman–Crippen LogP) is 4.21. The molecule has 0 saturated heterocycles. The second-order valence-electron chi connectivity index (χ2n) is 9.43. The maximum absolute atomic E-state index is 12.9. The Labute approximate surface area is 238 Å². The number of halogens is 1. The number of amides is 2. The number of hydrogen-bond donors (Lipinski definition) is 3. The van der Waals surface area contributed by atoms with E-state index in [0.717, 1.165) is 22.1 Å². The lowest BCUT2D eigenvalue weighted by Crippen LogP contribution is -2.37. The zero-order valence-corrected chi connectivity index (χ0v) is 22.5. The molecule has 6 aromatic rings. The van der Waals surface area contributed by atoms with E-state index in [-0.39, 0.29) is 12.0 Å². The number of hydrogen-bond acceptors (Lipinski definition) is 7. The highest BCUT2D eigenvalue weighted by molar-refractivity contribution is 6.31. The number of aromatic amines is 1. The maximum Gasteiger partial charge on any atom is 0.252 e. The molecular weight excluding hydrogens is 544 g/mol. The highest BCUT2D eigenvalue weighted by Crippen LogP contribution is 2.31. The standard InChI is InChI=1S/C29H23ClN8O3/c1-38-15-20(13-34-38)19-9-21-22(14-33-27(21)32-12-19)29-37-36-24(41-29)11-17-7-8-18(10-23(17)30)28(40)35-25(26(31)39)16-5-3-2-4-6-16/h2-10,12-15,25H,11H2,1H3,(H2,31,39)(H,32,33)(H,35,40). The van der Waals surface area contributed by atoms with E-state index >= 15 is 0 Å². The third-order valence-corrected chi connectivity index (χ3v) is 6.97. The third kappa shape index (κ3) is 5.30. The van der Waals surface area contributed by atoms with Gasteiger partial charge in [-0.2, -0.15) is 5.10 Å². The first-order valence-electron chi connectivity index (χ1n) is 12.6. The van der Waals surface area contributed by atoms with Gasteiger partial charge in [-0.05, 0) is 29.3 Å². The van der Waals surface area contributed by atoms with Crippen molar-refractivity contribution in [2.24, 2.45) is 12.8 Å². The molecule has 4 N–H and O–H groups in total. The SMILES string of the molecule is Cn1cc(-c2cnc3[nH]cc(-c4nnc(Cc5ccc(C(=O)NC(C(N)=O)c6ccccc6)cc5Cl)o4)c3c2)cn1. The largest absolute Gasteiger partial charge is 0.420 e. The minimum absolute atomic E-state index is 0.253. The molecule has 0 bridgehead atoms. The molecule has 41 heavy (non-hydrogen) atoms. The molecule has 12 heteroatoms. The van der Waals surface area contributed by atoms with E-state index in [1.807, 2.05) is 25.4 Å². The normalized spacial score (nSPS) is 12.0. The fraction of sp³-hybridized carbons (Fsp3) is 0.103. The van der Waals surface area contributed by atoms with Gasteiger partial charge in [0.1, 0.15) is 11.7 Å². The first kappa shape index (κ1) is 26.0. The number of aromatic nitrogens is 6. The van der Waals surface area contributed by atoms with Crippen LogP contribution < -0.4 is 11.1 Å². The van der Waals surface area contributed by atoms with Crippen LogP contribution in [0.3, 0.4) is 0 Å². The second kappa shape index (κ2) is 10.7. The Hall–Kier alpha value is -5.29. The number of benzene rings is 2. The van der Waals surface area contributed by atoms with Crippen LogP contribution in [0.2, 0.25) is 5.02 Å². The number of carbonyl (C=O) groups is 2. The average Bonchev–Trinajstić information content (AvgIpc) is 3.72. The molecule has 0 aliphatic rings. The van der Waals surface area contributed by atoms with E-state index in [4.69, 9.17) is 21.8 Å². The van der Waals surface area contributed by atoms with Crippen LogP contribution in [-0.2, 0) is 18.3 Å². The van der Waals surface area contributed by atoms with Crippen LogP contribution in [0, 0.1) is 0 Å². The van der Waals surface area contributed by atoms with Crippen molar-refractivity contribution in [3.8, 4) is 22.6 Å². The molecule has 4 aromatic heterocycles. The number of pyridine rings is 1. The van der Waals surface area contributed by atoms with Gasteiger partial charge >= 0.3 is 0 Å². The lowest BCUT2D eigenvalue weighted by atomic mass is 10.0. The van der Waals surface area contributed by atoms with Crippen molar-refractivity contribution >= 4 is 34.4 Å². The van der Waals surface area contributed by atoms with Gasteiger partial charge in [-0.15, -0.1) is 10.2 Å². The van der Waals surface area contributed by atoms with E-state index in [2.05, 4.69) is 30.6 Å². The molecular formula is C29H23ClN8O3. The number of carbonyl (C=O) groups excluding carboxylic acids is 2. The smallest absolute Gasteiger partial charge is 0.252 e. The van der Waals surface area contributed by atoms with Crippen LogP contribution in [0.4, 0.5) is 0 Å². The van der Waals surface area contributed by atoms with Gasteiger partial charge in [0.25, 0.3) is 5.91 Å². The summed E-state index contributed by atoms with van der Waals surface area (Å²) in [4.78, 5) is 32.5. The van der Waals surface area contributed by atoms with Crippen molar-refractivity contribution in [1.82, 2.24) is 35.3 Å². The molecule has 0 fully saturated rings. The molecule has 0 aliphatic carbocycles. The number of nitrogens with zero attached hydrogens (tertiary/aromatic N) is 5. The van der Waals surface area contributed by atoms with Gasteiger partial charge in [0.15, 0.2) is 0 Å². The Bertz CT molecular complexity index is 1890. The zero-order valence-electron chi connectivity index (χ0n) is 21.7. The van der Waals surface area contributed by atoms with Gasteiger partial charge in [-0.3, -0.25) is 14.3 Å². The molecule has 1 unspecified atom stereocenters. The maximum atomic E-state index is 12.9. The van der Waals surface area contributed by atoms with Gasteiger partial charge in [-0.1, -0.05) is 48.0 Å². The van der Waals surface area contributed by atoms with Crippen molar-refractivity contribution < 1.29 is 14.0 Å². The molecule has 0 aliphatic heterocycles. The van der Waals surface area contributed by atoms with E-state index in [0.29, 0.717) is 33.6 Å². The molecule has 2 amide bonds. The predicted molar refractivity (Wildman–Crippen MR) is 152 cm³/mol. The first-order chi connectivity index (χ1) is 19.9. The van der Waals surface area contributed by atoms with Crippen LogP contribution in [0.5, 0.6) is 0 Å². The van der Waals surface area contributed by atoms with Crippen molar-refractivity contribution in [3.63, 3.8) is 0 Å². The lowest BCUT2D eigenvalue weighted by molar-refractivity contribution is -0.120. The lowest BCUT2D eigenvalue weighted by Gasteiger charge is -2.16. The number of rotatable bonds is 8. The van der Waals surface area contributed by atoms with Gasteiger partial charge < -0.3 is 20.5 Å². The molecule has 0 radical (unpaired) electrons. The van der Waals surface area contributed by atoms with Crippen molar-refractivity contribution in [2.45, 2.75) is 12.5 Å². The number of nitrogens with one attached hydrogen (secondary N) is 2. The number of nitrogens with two attached hydrogens (primary N) is 1. The highest BCUT2D eigenvalue weighted by atomic mass is 35.5. The Morgan fingerprint density at radius 2 is 1.93 bits per heavy atom. The van der Waals surface area contributed by atoms with E-state index < -0.39 is 17.9 Å². The number of H-pyrrole nitrogens is 1. The fourth-order valence-corrected chi connectivity index (χ4v) is 4.76. The van der Waals surface area contributed by atoms with Crippen LogP contribution >= 0.6 is 11.6 Å². The summed E-state index contributed by atoms with van der Waals surface area (Å²) in [6.45, 7) is 0. The quantitative estimate of drug-likeness (QED) is 0.249. The van der Waals surface area contributed by atoms with Gasteiger partial charge in [0.2, 0.25) is 17.7 Å². The molecule has 204 valence electrons. The van der Waals surface area contributed by atoms with Crippen LogP contribution in [0.15, 0.2) is 83.8 Å². The fourth-order valence-electron chi connectivity index (χ4n) is 4.52. The summed E-state index contributed by atoms with van der Waals surface area (Å²) < 4.78 is 7.71. The molecule has 1 atom stereocenters. The molecule has 6 rings (SSSR count). The minimum atomic E-state index is -0.973. The molecule has 11 nitrogen and oxygen atoms in total. The summed E-state index contributed by atoms with van der Waals surface area (Å²) in [7, 11) is 1.86. The minimum Gasteiger partial charge on any atom is -0.420 e. The topological polar surface area (TPSA) is 158 Å². The Balaban J connectivity index is 1.19. The molecule has 0 saturated carbocycles. The second-order valence-corrected chi connectivity index (χ2v) is 9.84. The summed E-state index contributed by atoms with van der Waals surface area (Å²) in [5.74, 6) is -0.465. The van der Waals surface area contributed by atoms with Crippen LogP contribution in [0.1, 0.15) is 33.4 Å². The van der Waals surface area contributed by atoms with Crippen LogP contribution in [0.25, 0.3) is 33.6 Å². The van der Waals surface area contributed by atoms with Crippen LogP contribution in [-0.4, -0.2) is 41.8 Å². The third-order valence-electron chi connectivity index (χ3n) is 6.62. The summed E-state index contributed by atoms with van der Waals surface area (Å²) in [5.41, 5.74) is 10.3. The average molecular weight is 567 g/mol. The number of primary amides is 1. The van der Waals surface area contributed by atoms with Gasteiger partial charge in [-0.25, -0.2) is 4.98 Å². The van der Waals surface area contributed by atoms with E-state index in [1.54, 1.807) is 59.7 Å².